The van der Waals surface area contributed by atoms with Crippen molar-refractivity contribution >= 4 is 28.2 Å². The van der Waals surface area contributed by atoms with Gasteiger partial charge in [-0.2, -0.15) is 0 Å². The first-order chi connectivity index (χ1) is 12.0. The van der Waals surface area contributed by atoms with E-state index in [1.807, 2.05) is 13.8 Å². The number of ether oxygens (including phenoxy) is 1. The van der Waals surface area contributed by atoms with Gasteiger partial charge in [0.05, 0.1) is 12.2 Å². The molecule has 0 bridgehead atoms. The Morgan fingerprint density at radius 2 is 1.80 bits per heavy atom. The average molecular weight is 360 g/mol. The molecule has 6 heteroatoms. The van der Waals surface area contributed by atoms with Crippen LogP contribution < -0.4 is 15.4 Å². The molecule has 0 fully saturated rings. The number of carbonyl (C=O) groups is 2. The maximum Gasteiger partial charge on any atom is 0.256 e. The van der Waals surface area contributed by atoms with Crippen LogP contribution in [0.3, 0.4) is 0 Å². The fraction of sp³-hybridized carbons (Fsp3) is 0.368. The van der Waals surface area contributed by atoms with Gasteiger partial charge in [-0.25, -0.2) is 0 Å². The Balaban J connectivity index is 2.12. The molecule has 0 unspecified atom stereocenters. The summed E-state index contributed by atoms with van der Waals surface area (Å²) in [4.78, 5) is 25.6. The fourth-order valence-electron chi connectivity index (χ4n) is 2.33. The van der Waals surface area contributed by atoms with E-state index in [2.05, 4.69) is 17.6 Å². The third kappa shape index (κ3) is 4.60. The molecule has 2 aromatic rings. The van der Waals surface area contributed by atoms with Crippen molar-refractivity contribution in [2.45, 2.75) is 33.6 Å². The highest BCUT2D eigenvalue weighted by Crippen LogP contribution is 2.32. The molecule has 0 aliphatic rings. The number of unbranched alkanes of at least 4 members (excludes halogenated alkanes) is 1. The summed E-state index contributed by atoms with van der Waals surface area (Å²) in [6.45, 7) is 6.60. The molecule has 0 aliphatic heterocycles. The topological polar surface area (TPSA) is 67.4 Å². The smallest absolute Gasteiger partial charge is 0.256 e. The Hall–Kier alpha value is -2.34. The zero-order valence-electron chi connectivity index (χ0n) is 15.1. The lowest BCUT2D eigenvalue weighted by Gasteiger charge is -2.08. The molecule has 0 spiro atoms. The predicted molar refractivity (Wildman–Crippen MR) is 102 cm³/mol. The lowest BCUT2D eigenvalue weighted by Crippen LogP contribution is -2.21. The van der Waals surface area contributed by atoms with Gasteiger partial charge in [0.1, 0.15) is 10.8 Å². The third-order valence-electron chi connectivity index (χ3n) is 3.95. The predicted octanol–water partition coefficient (Wildman–Crippen LogP) is 4.16. The van der Waals surface area contributed by atoms with E-state index in [0.29, 0.717) is 22.7 Å². The van der Waals surface area contributed by atoms with Gasteiger partial charge in [0.2, 0.25) is 0 Å². The maximum absolute atomic E-state index is 12.5. The van der Waals surface area contributed by atoms with Gasteiger partial charge in [-0.3, -0.25) is 9.59 Å². The molecule has 25 heavy (non-hydrogen) atoms. The highest BCUT2D eigenvalue weighted by Gasteiger charge is 2.20. The SMILES string of the molecule is CCCCOc1ccc(C(=O)Nc2sc(C)c(C)c2C(=O)NC)cc1. The van der Waals surface area contributed by atoms with Crippen LogP contribution >= 0.6 is 11.3 Å². The first kappa shape index (κ1) is 19.0. The fourth-order valence-corrected chi connectivity index (χ4v) is 3.38. The molecule has 1 aromatic heterocycles. The zero-order chi connectivity index (χ0) is 18.4. The van der Waals surface area contributed by atoms with Crippen LogP contribution in [0.15, 0.2) is 24.3 Å². The number of benzene rings is 1. The summed E-state index contributed by atoms with van der Waals surface area (Å²) in [7, 11) is 1.58. The number of anilines is 1. The highest BCUT2D eigenvalue weighted by atomic mass is 32.1. The molecular weight excluding hydrogens is 336 g/mol. The number of thiophene rings is 1. The van der Waals surface area contributed by atoms with E-state index in [9.17, 15) is 9.59 Å². The lowest BCUT2D eigenvalue weighted by atomic mass is 10.1. The summed E-state index contributed by atoms with van der Waals surface area (Å²) in [5, 5.41) is 6.05. The minimum Gasteiger partial charge on any atom is -0.494 e. The quantitative estimate of drug-likeness (QED) is 0.729. The van der Waals surface area contributed by atoms with E-state index in [4.69, 9.17) is 4.74 Å². The van der Waals surface area contributed by atoms with Gasteiger partial charge in [-0.1, -0.05) is 13.3 Å². The van der Waals surface area contributed by atoms with Crippen molar-refractivity contribution in [1.82, 2.24) is 5.32 Å². The molecule has 0 radical (unpaired) electrons. The first-order valence-electron chi connectivity index (χ1n) is 8.34. The van der Waals surface area contributed by atoms with E-state index < -0.39 is 0 Å². The van der Waals surface area contributed by atoms with Crippen molar-refractivity contribution < 1.29 is 14.3 Å². The monoisotopic (exact) mass is 360 g/mol. The Bertz CT molecular complexity index is 751. The van der Waals surface area contributed by atoms with Gasteiger partial charge in [-0.05, 0) is 50.1 Å². The van der Waals surface area contributed by atoms with Crippen LogP contribution in [0, 0.1) is 13.8 Å². The number of rotatable bonds is 7. The Kier molecular flexibility index (Phi) is 6.58. The van der Waals surface area contributed by atoms with Gasteiger partial charge < -0.3 is 15.4 Å². The lowest BCUT2D eigenvalue weighted by molar-refractivity contribution is 0.0963. The minimum atomic E-state index is -0.244. The molecule has 134 valence electrons. The van der Waals surface area contributed by atoms with Crippen molar-refractivity contribution in [2.24, 2.45) is 0 Å². The standard InChI is InChI=1S/C19H24N2O3S/c1-5-6-11-24-15-9-7-14(8-10-15)17(22)21-19-16(18(23)20-4)12(2)13(3)25-19/h7-10H,5-6,11H2,1-4H3,(H,20,23)(H,21,22). The molecule has 0 saturated heterocycles. The number of amides is 2. The summed E-state index contributed by atoms with van der Waals surface area (Å²) < 4.78 is 5.60. The highest BCUT2D eigenvalue weighted by molar-refractivity contribution is 7.16. The van der Waals surface area contributed by atoms with Gasteiger partial charge in [0, 0.05) is 17.5 Å². The first-order valence-corrected chi connectivity index (χ1v) is 9.15. The van der Waals surface area contributed by atoms with Crippen molar-refractivity contribution in [1.29, 1.82) is 0 Å². The number of aryl methyl sites for hydroxylation is 1. The summed E-state index contributed by atoms with van der Waals surface area (Å²) in [5.74, 6) is 0.308. The normalized spacial score (nSPS) is 10.4. The van der Waals surface area contributed by atoms with E-state index in [0.717, 1.165) is 29.0 Å². The van der Waals surface area contributed by atoms with Crippen molar-refractivity contribution in [3.05, 3.63) is 45.8 Å². The van der Waals surface area contributed by atoms with Crippen molar-refractivity contribution in [3.8, 4) is 5.75 Å². The second-order valence-corrected chi connectivity index (χ2v) is 6.97. The molecule has 0 saturated carbocycles. The number of nitrogens with one attached hydrogen (secondary N) is 2. The molecule has 0 atom stereocenters. The second-order valence-electron chi connectivity index (χ2n) is 5.75. The van der Waals surface area contributed by atoms with Crippen molar-refractivity contribution in [2.75, 3.05) is 19.0 Å². The Labute approximate surface area is 152 Å². The Morgan fingerprint density at radius 3 is 2.40 bits per heavy atom. The second kappa shape index (κ2) is 8.67. The van der Waals surface area contributed by atoms with Crippen LogP contribution in [0.2, 0.25) is 0 Å². The van der Waals surface area contributed by atoms with Crippen LogP contribution in [0.1, 0.15) is 50.9 Å². The van der Waals surface area contributed by atoms with Gasteiger partial charge >= 0.3 is 0 Å². The number of carbonyl (C=O) groups excluding carboxylic acids is 2. The summed E-state index contributed by atoms with van der Waals surface area (Å²) >= 11 is 1.41. The van der Waals surface area contributed by atoms with Crippen LogP contribution in [-0.2, 0) is 0 Å². The van der Waals surface area contributed by atoms with Crippen LogP contribution in [-0.4, -0.2) is 25.5 Å². The number of hydrogen-bond donors (Lipinski definition) is 2. The van der Waals surface area contributed by atoms with E-state index in [1.165, 1.54) is 11.3 Å². The molecule has 0 aliphatic carbocycles. The van der Waals surface area contributed by atoms with Crippen LogP contribution in [0.25, 0.3) is 0 Å². The van der Waals surface area contributed by atoms with E-state index >= 15 is 0 Å². The van der Waals surface area contributed by atoms with Crippen molar-refractivity contribution in [3.63, 3.8) is 0 Å². The molecule has 2 N–H and O–H groups in total. The largest absolute Gasteiger partial charge is 0.494 e. The molecule has 1 heterocycles. The Morgan fingerprint density at radius 1 is 1.12 bits per heavy atom. The maximum atomic E-state index is 12.5. The molecule has 1 aromatic carbocycles. The molecule has 5 nitrogen and oxygen atoms in total. The number of hydrogen-bond acceptors (Lipinski definition) is 4. The van der Waals surface area contributed by atoms with E-state index in [-0.39, 0.29) is 11.8 Å². The summed E-state index contributed by atoms with van der Waals surface area (Å²) in [5.41, 5.74) is 1.94. The van der Waals surface area contributed by atoms with Gasteiger partial charge in [-0.15, -0.1) is 11.3 Å². The van der Waals surface area contributed by atoms with Crippen LogP contribution in [0.5, 0.6) is 5.75 Å². The molecule has 2 amide bonds. The van der Waals surface area contributed by atoms with Crippen LogP contribution in [0.4, 0.5) is 5.00 Å². The summed E-state index contributed by atoms with van der Waals surface area (Å²) in [6, 6.07) is 7.03. The zero-order valence-corrected chi connectivity index (χ0v) is 15.9. The van der Waals surface area contributed by atoms with E-state index in [1.54, 1.807) is 31.3 Å². The molecule has 2 rings (SSSR count). The van der Waals surface area contributed by atoms with Gasteiger partial charge in [0.25, 0.3) is 11.8 Å². The summed E-state index contributed by atoms with van der Waals surface area (Å²) in [6.07, 6.45) is 2.08. The minimum absolute atomic E-state index is 0.197. The third-order valence-corrected chi connectivity index (χ3v) is 5.07. The average Bonchev–Trinajstić information content (AvgIpc) is 2.89. The molecular formula is C19H24N2O3S. The van der Waals surface area contributed by atoms with Gasteiger partial charge in [0.15, 0.2) is 0 Å².